The van der Waals surface area contributed by atoms with Crippen molar-refractivity contribution in [2.45, 2.75) is 13.1 Å². The molecule has 0 radical (unpaired) electrons. The molecular weight excluding hydrogens is 263 g/mol. The highest BCUT2D eigenvalue weighted by molar-refractivity contribution is 5.93. The SMILES string of the molecule is O=C(O)Cn1cccc1C(=O)NCc1ccccc1F. The third-order valence-corrected chi connectivity index (χ3v) is 2.77. The molecule has 0 bridgehead atoms. The van der Waals surface area contributed by atoms with Gasteiger partial charge >= 0.3 is 5.97 Å². The number of rotatable bonds is 5. The Hall–Kier alpha value is -2.63. The topological polar surface area (TPSA) is 71.3 Å². The van der Waals surface area contributed by atoms with Crippen LogP contribution in [0.25, 0.3) is 0 Å². The molecule has 0 atom stereocenters. The van der Waals surface area contributed by atoms with E-state index in [0.717, 1.165) is 0 Å². The van der Waals surface area contributed by atoms with E-state index in [9.17, 15) is 14.0 Å². The lowest BCUT2D eigenvalue weighted by Gasteiger charge is -2.08. The van der Waals surface area contributed by atoms with Crippen molar-refractivity contribution in [2.24, 2.45) is 0 Å². The molecule has 2 aromatic rings. The molecule has 0 saturated heterocycles. The van der Waals surface area contributed by atoms with E-state index in [2.05, 4.69) is 5.32 Å². The molecule has 0 aliphatic rings. The number of carbonyl (C=O) groups excluding carboxylic acids is 1. The Morgan fingerprint density at radius 3 is 2.65 bits per heavy atom. The van der Waals surface area contributed by atoms with Gasteiger partial charge in [-0.15, -0.1) is 0 Å². The summed E-state index contributed by atoms with van der Waals surface area (Å²) in [5, 5.41) is 11.3. The summed E-state index contributed by atoms with van der Waals surface area (Å²) < 4.78 is 14.7. The molecule has 104 valence electrons. The first-order chi connectivity index (χ1) is 9.58. The molecule has 20 heavy (non-hydrogen) atoms. The maximum atomic E-state index is 13.4. The van der Waals surface area contributed by atoms with Gasteiger partial charge in [0.15, 0.2) is 0 Å². The number of carboxylic acids is 1. The van der Waals surface area contributed by atoms with Crippen LogP contribution in [0.1, 0.15) is 16.1 Å². The van der Waals surface area contributed by atoms with Crippen molar-refractivity contribution >= 4 is 11.9 Å². The van der Waals surface area contributed by atoms with Crippen LogP contribution < -0.4 is 5.32 Å². The van der Waals surface area contributed by atoms with Crippen LogP contribution in [-0.2, 0) is 17.9 Å². The average Bonchev–Trinajstić information content (AvgIpc) is 2.85. The van der Waals surface area contributed by atoms with Gasteiger partial charge in [-0.2, -0.15) is 0 Å². The first-order valence-electron chi connectivity index (χ1n) is 5.96. The van der Waals surface area contributed by atoms with Gasteiger partial charge in [-0.3, -0.25) is 9.59 Å². The van der Waals surface area contributed by atoms with Crippen LogP contribution in [0.5, 0.6) is 0 Å². The molecule has 1 amide bonds. The predicted octanol–water partition coefficient (Wildman–Crippen LogP) is 1.64. The van der Waals surface area contributed by atoms with Gasteiger partial charge in [0.1, 0.15) is 18.1 Å². The Bertz CT molecular complexity index is 637. The number of carbonyl (C=O) groups is 2. The van der Waals surface area contributed by atoms with Crippen LogP contribution in [0.2, 0.25) is 0 Å². The quantitative estimate of drug-likeness (QED) is 0.872. The summed E-state index contributed by atoms with van der Waals surface area (Å²) in [7, 11) is 0. The van der Waals surface area contributed by atoms with E-state index in [-0.39, 0.29) is 18.8 Å². The number of hydrogen-bond acceptors (Lipinski definition) is 2. The van der Waals surface area contributed by atoms with Gasteiger partial charge in [0.05, 0.1) is 0 Å². The van der Waals surface area contributed by atoms with Gasteiger partial charge in [-0.25, -0.2) is 4.39 Å². The molecule has 0 aliphatic carbocycles. The number of aliphatic carboxylic acids is 1. The summed E-state index contributed by atoms with van der Waals surface area (Å²) in [6.45, 7) is -0.251. The number of benzene rings is 1. The molecule has 2 rings (SSSR count). The molecule has 2 N–H and O–H groups in total. The summed E-state index contributed by atoms with van der Waals surface area (Å²) in [4.78, 5) is 22.6. The van der Waals surface area contributed by atoms with Crippen molar-refractivity contribution in [3.63, 3.8) is 0 Å². The molecule has 0 spiro atoms. The van der Waals surface area contributed by atoms with E-state index < -0.39 is 17.7 Å². The fourth-order valence-corrected chi connectivity index (χ4v) is 1.81. The number of nitrogens with zero attached hydrogens (tertiary/aromatic N) is 1. The van der Waals surface area contributed by atoms with Crippen LogP contribution >= 0.6 is 0 Å². The molecule has 0 saturated carbocycles. The molecule has 0 unspecified atom stereocenters. The van der Waals surface area contributed by atoms with E-state index >= 15 is 0 Å². The van der Waals surface area contributed by atoms with Gasteiger partial charge in [0, 0.05) is 18.3 Å². The van der Waals surface area contributed by atoms with Gasteiger partial charge in [0.25, 0.3) is 5.91 Å². The highest BCUT2D eigenvalue weighted by Crippen LogP contribution is 2.07. The van der Waals surface area contributed by atoms with Crippen LogP contribution in [0.3, 0.4) is 0 Å². The van der Waals surface area contributed by atoms with Crippen LogP contribution in [0.4, 0.5) is 4.39 Å². The zero-order valence-corrected chi connectivity index (χ0v) is 10.5. The van der Waals surface area contributed by atoms with Crippen molar-refractivity contribution in [1.82, 2.24) is 9.88 Å². The predicted molar refractivity (Wildman–Crippen MR) is 69.6 cm³/mol. The maximum Gasteiger partial charge on any atom is 0.323 e. The Balaban J connectivity index is 2.04. The van der Waals surface area contributed by atoms with Crippen molar-refractivity contribution in [1.29, 1.82) is 0 Å². The highest BCUT2D eigenvalue weighted by Gasteiger charge is 2.12. The van der Waals surface area contributed by atoms with Crippen molar-refractivity contribution in [3.8, 4) is 0 Å². The lowest BCUT2D eigenvalue weighted by atomic mass is 10.2. The number of aromatic nitrogens is 1. The van der Waals surface area contributed by atoms with E-state index in [1.165, 1.54) is 22.9 Å². The number of carboxylic acid groups (broad SMARTS) is 1. The zero-order valence-electron chi connectivity index (χ0n) is 10.5. The van der Waals surface area contributed by atoms with Crippen molar-refractivity contribution in [2.75, 3.05) is 0 Å². The van der Waals surface area contributed by atoms with Gasteiger partial charge in [-0.1, -0.05) is 18.2 Å². The van der Waals surface area contributed by atoms with E-state index in [1.54, 1.807) is 24.3 Å². The molecule has 1 heterocycles. The monoisotopic (exact) mass is 276 g/mol. The summed E-state index contributed by atoms with van der Waals surface area (Å²) in [6, 6.07) is 9.23. The Morgan fingerprint density at radius 1 is 1.20 bits per heavy atom. The number of halogens is 1. The molecule has 1 aromatic carbocycles. The normalized spacial score (nSPS) is 10.2. The van der Waals surface area contributed by atoms with E-state index in [0.29, 0.717) is 5.56 Å². The molecule has 6 heteroatoms. The zero-order chi connectivity index (χ0) is 14.5. The molecule has 1 aromatic heterocycles. The second-order valence-corrected chi connectivity index (χ2v) is 4.19. The van der Waals surface area contributed by atoms with Crippen molar-refractivity contribution in [3.05, 3.63) is 59.7 Å². The smallest absolute Gasteiger partial charge is 0.323 e. The Kier molecular flexibility index (Phi) is 4.14. The summed E-state index contributed by atoms with van der Waals surface area (Å²) in [5.74, 6) is -1.88. The minimum atomic E-state index is -1.04. The van der Waals surface area contributed by atoms with Crippen LogP contribution in [0, 0.1) is 5.82 Å². The minimum absolute atomic E-state index is 0.0454. The first-order valence-corrected chi connectivity index (χ1v) is 5.96. The number of amides is 1. The van der Waals surface area contributed by atoms with E-state index in [4.69, 9.17) is 5.11 Å². The Labute approximate surface area is 114 Å². The average molecular weight is 276 g/mol. The third kappa shape index (κ3) is 3.23. The van der Waals surface area contributed by atoms with E-state index in [1.807, 2.05) is 0 Å². The second-order valence-electron chi connectivity index (χ2n) is 4.19. The highest BCUT2D eigenvalue weighted by atomic mass is 19.1. The minimum Gasteiger partial charge on any atom is -0.480 e. The lowest BCUT2D eigenvalue weighted by Crippen LogP contribution is -2.26. The second kappa shape index (κ2) is 6.01. The number of hydrogen-bond donors (Lipinski definition) is 2. The molecule has 5 nitrogen and oxygen atoms in total. The molecular formula is C14H13FN2O3. The van der Waals surface area contributed by atoms with Crippen molar-refractivity contribution < 1.29 is 19.1 Å². The van der Waals surface area contributed by atoms with Gasteiger partial charge < -0.3 is 15.0 Å². The molecule has 0 fully saturated rings. The maximum absolute atomic E-state index is 13.4. The summed E-state index contributed by atoms with van der Waals surface area (Å²) in [6.07, 6.45) is 1.51. The Morgan fingerprint density at radius 2 is 1.95 bits per heavy atom. The largest absolute Gasteiger partial charge is 0.480 e. The van der Waals surface area contributed by atoms with Crippen LogP contribution in [-0.4, -0.2) is 21.6 Å². The molecule has 0 aliphatic heterocycles. The fourth-order valence-electron chi connectivity index (χ4n) is 1.81. The van der Waals surface area contributed by atoms with Gasteiger partial charge in [-0.05, 0) is 18.2 Å². The lowest BCUT2D eigenvalue weighted by molar-refractivity contribution is -0.137. The summed E-state index contributed by atoms with van der Waals surface area (Å²) >= 11 is 0. The van der Waals surface area contributed by atoms with Crippen LogP contribution in [0.15, 0.2) is 42.6 Å². The standard InChI is InChI=1S/C14H13FN2O3/c15-11-5-2-1-4-10(11)8-16-14(20)12-6-3-7-17(12)9-13(18)19/h1-7H,8-9H2,(H,16,20)(H,18,19). The number of nitrogens with one attached hydrogen (secondary N) is 1. The third-order valence-electron chi connectivity index (χ3n) is 2.77. The fraction of sp³-hybridized carbons (Fsp3) is 0.143. The first kappa shape index (κ1) is 13.8. The van der Waals surface area contributed by atoms with Gasteiger partial charge in [0.2, 0.25) is 0 Å². The summed E-state index contributed by atoms with van der Waals surface area (Å²) in [5.41, 5.74) is 0.598.